The Morgan fingerprint density at radius 2 is 1.51 bits per heavy atom. The van der Waals surface area contributed by atoms with Crippen molar-refractivity contribution >= 4 is 52.8 Å². The third-order valence-corrected chi connectivity index (χ3v) is 10.0. The van der Waals surface area contributed by atoms with Crippen molar-refractivity contribution in [2.75, 3.05) is 27.2 Å². The van der Waals surface area contributed by atoms with E-state index < -0.39 is 72.4 Å². The minimum atomic E-state index is -1.19. The second-order valence-corrected chi connectivity index (χ2v) is 13.9. The summed E-state index contributed by atoms with van der Waals surface area (Å²) in [6, 6.07) is 21.9. The molecular formula is C41H39ClN6O7. The fraction of sp³-hybridized carbons (Fsp3) is 0.244. The molecule has 4 bridgehead atoms. The number of hydrogen-bond donors (Lipinski definition) is 5. The fourth-order valence-electron chi connectivity index (χ4n) is 6.72. The van der Waals surface area contributed by atoms with Crippen LogP contribution in [0.25, 0.3) is 22.3 Å². The number of rotatable bonds is 9. The van der Waals surface area contributed by atoms with E-state index in [1.165, 1.54) is 25.9 Å². The zero-order chi connectivity index (χ0) is 39.4. The number of nitrogens with zero attached hydrogens (tertiary/aromatic N) is 1. The number of hydrogen-bond acceptors (Lipinski definition) is 7. The van der Waals surface area contributed by atoms with Crippen molar-refractivity contribution in [1.82, 2.24) is 31.5 Å². The van der Waals surface area contributed by atoms with Gasteiger partial charge in [-0.15, -0.1) is 0 Å². The maximum atomic E-state index is 13.9. The van der Waals surface area contributed by atoms with Gasteiger partial charge in [0.2, 0.25) is 29.4 Å². The van der Waals surface area contributed by atoms with Crippen LogP contribution in [0.4, 0.5) is 0 Å². The van der Waals surface area contributed by atoms with Gasteiger partial charge in [-0.25, -0.2) is 0 Å². The molecule has 0 saturated carbocycles. The molecule has 13 nitrogen and oxygen atoms in total. The van der Waals surface area contributed by atoms with Gasteiger partial charge >= 0.3 is 0 Å². The second-order valence-electron chi connectivity index (χ2n) is 13.5. The monoisotopic (exact) mass is 762 g/mol. The standard InChI is InChI=1S/C41H39ClN6O7/c1-22(37(51)41(55)43-2)46-39(53)33-17-23-4-5-27-18-28-10-11-29(19-32(28)31(27)16-23)36(40(54)44-20-34(49)47-33)48(3)35(50)21-45-38(52)26-8-6-24(7-9-26)25-12-14-30(42)15-13-25/h4-16,19,22,33,36H,17-18,20-21H2,1-3H3,(H,43,55)(H,44,54)(H,45,52)(H,46,53)(H,47,49). The summed E-state index contributed by atoms with van der Waals surface area (Å²) in [6.07, 6.45) is 0.691. The van der Waals surface area contributed by atoms with Gasteiger partial charge in [0.1, 0.15) is 12.1 Å². The molecule has 0 saturated heterocycles. The molecule has 282 valence electrons. The predicted octanol–water partition coefficient (Wildman–Crippen LogP) is 2.48. The van der Waals surface area contributed by atoms with Gasteiger partial charge < -0.3 is 31.5 Å². The summed E-state index contributed by atoms with van der Waals surface area (Å²) in [6.45, 7) is 0.424. The van der Waals surface area contributed by atoms with Crippen LogP contribution >= 0.6 is 11.6 Å². The first-order chi connectivity index (χ1) is 26.3. The fourth-order valence-corrected chi connectivity index (χ4v) is 6.84. The minimum absolute atomic E-state index is 0.0623. The molecule has 3 unspecified atom stereocenters. The van der Waals surface area contributed by atoms with Crippen molar-refractivity contribution in [2.45, 2.75) is 37.9 Å². The van der Waals surface area contributed by atoms with Crippen LogP contribution in [0.2, 0.25) is 5.02 Å². The molecule has 1 aliphatic carbocycles. The molecule has 4 aromatic rings. The van der Waals surface area contributed by atoms with E-state index in [9.17, 15) is 33.6 Å². The maximum Gasteiger partial charge on any atom is 0.289 e. The van der Waals surface area contributed by atoms with E-state index in [1.807, 2.05) is 42.5 Å². The molecule has 0 spiro atoms. The summed E-state index contributed by atoms with van der Waals surface area (Å²) in [5.74, 6) is -4.82. The highest BCUT2D eigenvalue weighted by Gasteiger charge is 2.33. The lowest BCUT2D eigenvalue weighted by Gasteiger charge is -2.28. The number of carbonyl (C=O) groups is 7. The number of nitrogens with one attached hydrogen (secondary N) is 5. The van der Waals surface area contributed by atoms with E-state index in [2.05, 4.69) is 26.6 Å². The Morgan fingerprint density at radius 1 is 0.873 bits per heavy atom. The van der Waals surface area contributed by atoms with Gasteiger partial charge in [0.25, 0.3) is 11.8 Å². The Bertz CT molecular complexity index is 2210. The van der Waals surface area contributed by atoms with Gasteiger partial charge in [0.05, 0.1) is 19.1 Å². The van der Waals surface area contributed by atoms with Gasteiger partial charge in [0.15, 0.2) is 0 Å². The van der Waals surface area contributed by atoms with Gasteiger partial charge in [-0.3, -0.25) is 33.6 Å². The highest BCUT2D eigenvalue weighted by atomic mass is 35.5. The number of likely N-dealkylation sites (N-methyl/N-ethyl adjacent to an activating group) is 2. The predicted molar refractivity (Wildman–Crippen MR) is 205 cm³/mol. The third kappa shape index (κ3) is 8.57. The summed E-state index contributed by atoms with van der Waals surface area (Å²) in [7, 11) is 2.75. The van der Waals surface area contributed by atoms with Crippen LogP contribution in [0.5, 0.6) is 0 Å². The van der Waals surface area contributed by atoms with Crippen molar-refractivity contribution in [1.29, 1.82) is 0 Å². The molecule has 55 heavy (non-hydrogen) atoms. The smallest absolute Gasteiger partial charge is 0.289 e. The Hall–Kier alpha value is -6.34. The van der Waals surface area contributed by atoms with Gasteiger partial charge in [0, 0.05) is 31.1 Å². The van der Waals surface area contributed by atoms with E-state index in [1.54, 1.807) is 42.5 Å². The largest absolute Gasteiger partial charge is 0.353 e. The third-order valence-electron chi connectivity index (χ3n) is 9.77. The molecule has 1 aliphatic heterocycles. The number of amides is 6. The maximum absolute atomic E-state index is 13.9. The number of benzene rings is 4. The molecule has 0 fully saturated rings. The zero-order valence-electron chi connectivity index (χ0n) is 30.3. The van der Waals surface area contributed by atoms with Crippen LogP contribution in [0.3, 0.4) is 0 Å². The Morgan fingerprint density at radius 3 is 2.18 bits per heavy atom. The second kappa shape index (κ2) is 16.4. The molecule has 0 aromatic heterocycles. The van der Waals surface area contributed by atoms with Crippen LogP contribution < -0.4 is 26.6 Å². The minimum Gasteiger partial charge on any atom is -0.353 e. The molecule has 3 atom stereocenters. The highest BCUT2D eigenvalue weighted by molar-refractivity contribution is 6.38. The van der Waals surface area contributed by atoms with Crippen molar-refractivity contribution < 1.29 is 33.6 Å². The summed E-state index contributed by atoms with van der Waals surface area (Å²) in [4.78, 5) is 92.6. The molecule has 5 N–H and O–H groups in total. The highest BCUT2D eigenvalue weighted by Crippen LogP contribution is 2.39. The first-order valence-electron chi connectivity index (χ1n) is 17.6. The average Bonchev–Trinajstić information content (AvgIpc) is 3.55. The van der Waals surface area contributed by atoms with Crippen LogP contribution in [-0.2, 0) is 41.6 Å². The Labute approximate surface area is 322 Å². The van der Waals surface area contributed by atoms with E-state index >= 15 is 0 Å². The van der Waals surface area contributed by atoms with E-state index in [0.29, 0.717) is 22.6 Å². The molecule has 1 heterocycles. The zero-order valence-corrected chi connectivity index (χ0v) is 31.1. The molecule has 0 radical (unpaired) electrons. The normalized spacial score (nSPS) is 16.5. The van der Waals surface area contributed by atoms with Gasteiger partial charge in [-0.05, 0) is 88.2 Å². The van der Waals surface area contributed by atoms with Crippen LogP contribution in [0, 0.1) is 0 Å². The average molecular weight is 763 g/mol. The Balaban J connectivity index is 1.21. The molecule has 6 rings (SSSR count). The molecule has 4 aromatic carbocycles. The van der Waals surface area contributed by atoms with Gasteiger partial charge in [-0.2, -0.15) is 0 Å². The number of ketones is 1. The molecule has 6 amide bonds. The molecule has 2 aliphatic rings. The molecule has 14 heteroatoms. The Kier molecular flexibility index (Phi) is 11.4. The van der Waals surface area contributed by atoms with Crippen LogP contribution in [0.1, 0.15) is 45.6 Å². The topological polar surface area (TPSA) is 183 Å². The number of Topliss-reactive ketones (excluding diaryl/α,β-unsaturated/α-hetero) is 1. The number of halogens is 1. The van der Waals surface area contributed by atoms with Crippen molar-refractivity contribution in [3.63, 3.8) is 0 Å². The molecular weight excluding hydrogens is 724 g/mol. The van der Waals surface area contributed by atoms with Crippen LogP contribution in [0.15, 0.2) is 84.9 Å². The van der Waals surface area contributed by atoms with Crippen LogP contribution in [-0.4, -0.2) is 85.4 Å². The number of fused-ring (bicyclic) bond motifs is 2. The van der Waals surface area contributed by atoms with E-state index in [0.717, 1.165) is 38.9 Å². The van der Waals surface area contributed by atoms with Gasteiger partial charge in [-0.1, -0.05) is 66.2 Å². The summed E-state index contributed by atoms with van der Waals surface area (Å²) in [5.41, 5.74) is 7.14. The quantitative estimate of drug-likeness (QED) is 0.143. The van der Waals surface area contributed by atoms with Crippen molar-refractivity contribution in [3.8, 4) is 22.3 Å². The van der Waals surface area contributed by atoms with E-state index in [-0.39, 0.29) is 6.42 Å². The SMILES string of the molecule is CNC(=O)C(=O)C(C)NC(=O)C1Cc2ccc3c(c2)-c2cc(ccc2C3)C(N(C)C(=O)CNC(=O)c2ccc(-c3ccc(Cl)cc3)cc2)C(=O)NCC(=O)N1. The summed E-state index contributed by atoms with van der Waals surface area (Å²) in [5, 5.41) is 13.2. The summed E-state index contributed by atoms with van der Waals surface area (Å²) < 4.78 is 0. The van der Waals surface area contributed by atoms with Crippen molar-refractivity contribution in [3.05, 3.63) is 118 Å². The lowest BCUT2D eigenvalue weighted by molar-refractivity contribution is -0.140. The summed E-state index contributed by atoms with van der Waals surface area (Å²) >= 11 is 6.00. The first-order valence-corrected chi connectivity index (χ1v) is 18.0. The van der Waals surface area contributed by atoms with Crippen molar-refractivity contribution in [2.24, 2.45) is 0 Å². The first kappa shape index (κ1) is 38.4. The lowest BCUT2D eigenvalue weighted by atomic mass is 9.95. The number of carbonyl (C=O) groups excluding carboxylic acids is 7. The lowest BCUT2D eigenvalue weighted by Crippen LogP contribution is -2.55. The van der Waals surface area contributed by atoms with E-state index in [4.69, 9.17) is 11.6 Å².